The van der Waals surface area contributed by atoms with Gasteiger partial charge in [0.25, 0.3) is 0 Å². The minimum absolute atomic E-state index is 0.171. The zero-order valence-electron chi connectivity index (χ0n) is 12.9. The molecule has 3 heteroatoms. The molecule has 0 N–H and O–H groups in total. The van der Waals surface area contributed by atoms with Gasteiger partial charge < -0.3 is 4.90 Å². The maximum atomic E-state index is 12.4. The number of rotatable bonds is 5. The highest BCUT2D eigenvalue weighted by atomic mass is 16.2. The molecule has 0 heterocycles. The highest BCUT2D eigenvalue weighted by molar-refractivity contribution is 5.77. The summed E-state index contributed by atoms with van der Waals surface area (Å²) < 4.78 is 0. The highest BCUT2D eigenvalue weighted by Gasteiger charge is 2.28. The van der Waals surface area contributed by atoms with E-state index < -0.39 is 0 Å². The van der Waals surface area contributed by atoms with Crippen molar-refractivity contribution in [3.63, 3.8) is 0 Å². The number of carbonyl (C=O) groups excluding carboxylic acids is 1. The smallest absolute Gasteiger partial charge is 0.223 e. The summed E-state index contributed by atoms with van der Waals surface area (Å²) in [5.41, 5.74) is 0.257. The largest absolute Gasteiger partial charge is 0.326 e. The first-order valence-electron chi connectivity index (χ1n) is 7.50. The minimum Gasteiger partial charge on any atom is -0.326 e. The van der Waals surface area contributed by atoms with Crippen LogP contribution < -0.4 is 0 Å². The third-order valence-corrected chi connectivity index (χ3v) is 3.81. The van der Waals surface area contributed by atoms with Gasteiger partial charge in [0, 0.05) is 12.5 Å². The predicted octanol–water partition coefficient (Wildman–Crippen LogP) is 3.74. The Morgan fingerprint density at radius 3 is 2.42 bits per heavy atom. The molecule has 1 saturated carbocycles. The fourth-order valence-electron chi connectivity index (χ4n) is 3.25. The summed E-state index contributed by atoms with van der Waals surface area (Å²) >= 11 is 0. The summed E-state index contributed by atoms with van der Waals surface area (Å²) in [6.45, 7) is 9.02. The van der Waals surface area contributed by atoms with Gasteiger partial charge in [-0.2, -0.15) is 5.26 Å². The van der Waals surface area contributed by atoms with Gasteiger partial charge in [-0.05, 0) is 30.6 Å². The van der Waals surface area contributed by atoms with Crippen LogP contribution in [0.3, 0.4) is 0 Å². The van der Waals surface area contributed by atoms with Crippen molar-refractivity contribution in [1.29, 1.82) is 5.26 Å². The lowest BCUT2D eigenvalue weighted by molar-refractivity contribution is -0.133. The number of hydrogen-bond donors (Lipinski definition) is 0. The molecular weight excluding hydrogens is 236 g/mol. The summed E-state index contributed by atoms with van der Waals surface area (Å²) in [5.74, 6) is 0.556. The third kappa shape index (κ3) is 5.63. The van der Waals surface area contributed by atoms with E-state index in [2.05, 4.69) is 33.8 Å². The van der Waals surface area contributed by atoms with E-state index in [0.29, 0.717) is 18.4 Å². The molecule has 0 aromatic rings. The molecule has 1 rings (SSSR count). The van der Waals surface area contributed by atoms with E-state index >= 15 is 0 Å². The molecule has 1 aliphatic carbocycles. The lowest BCUT2D eigenvalue weighted by Crippen LogP contribution is -2.40. The monoisotopic (exact) mass is 264 g/mol. The van der Waals surface area contributed by atoms with Crippen LogP contribution >= 0.6 is 0 Å². The second kappa shape index (κ2) is 6.93. The molecule has 1 atom stereocenters. The molecule has 0 radical (unpaired) electrons. The van der Waals surface area contributed by atoms with Crippen molar-refractivity contribution < 1.29 is 4.79 Å². The van der Waals surface area contributed by atoms with Crippen molar-refractivity contribution in [3.05, 3.63) is 0 Å². The molecule has 1 amide bonds. The fraction of sp³-hybridized carbons (Fsp3) is 0.875. The lowest BCUT2D eigenvalue weighted by atomic mass is 9.84. The second-order valence-electron chi connectivity index (χ2n) is 7.19. The number of amides is 1. The zero-order valence-corrected chi connectivity index (χ0v) is 12.9. The van der Waals surface area contributed by atoms with Crippen LogP contribution in [-0.2, 0) is 4.79 Å². The molecule has 0 aromatic heterocycles. The van der Waals surface area contributed by atoms with Gasteiger partial charge in [0.1, 0.15) is 6.54 Å². The molecule has 0 saturated heterocycles. The van der Waals surface area contributed by atoms with Gasteiger partial charge in [-0.25, -0.2) is 0 Å². The highest BCUT2D eigenvalue weighted by Crippen LogP contribution is 2.28. The maximum Gasteiger partial charge on any atom is 0.223 e. The van der Waals surface area contributed by atoms with Crippen LogP contribution in [0.25, 0.3) is 0 Å². The number of nitriles is 1. The van der Waals surface area contributed by atoms with Gasteiger partial charge in [0.2, 0.25) is 5.91 Å². The Morgan fingerprint density at radius 1 is 1.37 bits per heavy atom. The van der Waals surface area contributed by atoms with E-state index in [0.717, 1.165) is 19.3 Å². The van der Waals surface area contributed by atoms with Gasteiger partial charge in [-0.3, -0.25) is 4.79 Å². The van der Waals surface area contributed by atoms with Crippen molar-refractivity contribution in [2.45, 2.75) is 72.3 Å². The van der Waals surface area contributed by atoms with Crippen molar-refractivity contribution in [2.75, 3.05) is 6.54 Å². The van der Waals surface area contributed by atoms with Crippen LogP contribution in [0.2, 0.25) is 0 Å². The number of carbonyl (C=O) groups is 1. The van der Waals surface area contributed by atoms with Crippen LogP contribution in [0, 0.1) is 22.7 Å². The third-order valence-electron chi connectivity index (χ3n) is 3.81. The van der Waals surface area contributed by atoms with Gasteiger partial charge in [0.05, 0.1) is 6.07 Å². The lowest BCUT2D eigenvalue weighted by Gasteiger charge is -2.29. The normalized spacial score (nSPS) is 18.1. The summed E-state index contributed by atoms with van der Waals surface area (Å²) in [4.78, 5) is 14.2. The Bertz CT molecular complexity index is 332. The topological polar surface area (TPSA) is 44.1 Å². The average Bonchev–Trinajstić information content (AvgIpc) is 2.75. The van der Waals surface area contributed by atoms with Crippen molar-refractivity contribution in [3.8, 4) is 6.07 Å². The first-order valence-corrected chi connectivity index (χ1v) is 7.50. The molecule has 3 nitrogen and oxygen atoms in total. The Hall–Kier alpha value is -1.04. The fourth-order valence-corrected chi connectivity index (χ4v) is 3.25. The molecule has 19 heavy (non-hydrogen) atoms. The van der Waals surface area contributed by atoms with E-state index in [9.17, 15) is 4.79 Å². The Balaban J connectivity index is 2.54. The molecule has 0 aliphatic heterocycles. The summed E-state index contributed by atoms with van der Waals surface area (Å²) in [6.07, 6.45) is 6.15. The van der Waals surface area contributed by atoms with E-state index in [-0.39, 0.29) is 17.9 Å². The van der Waals surface area contributed by atoms with Gasteiger partial charge in [0.15, 0.2) is 0 Å². The Labute approximate surface area is 118 Å². The number of hydrogen-bond acceptors (Lipinski definition) is 2. The van der Waals surface area contributed by atoms with E-state index in [1.54, 1.807) is 0 Å². The molecular formula is C16H28N2O. The second-order valence-corrected chi connectivity index (χ2v) is 7.19. The Morgan fingerprint density at radius 2 is 1.95 bits per heavy atom. The van der Waals surface area contributed by atoms with E-state index in [4.69, 9.17) is 5.26 Å². The molecule has 1 unspecified atom stereocenters. The van der Waals surface area contributed by atoms with Crippen molar-refractivity contribution in [2.24, 2.45) is 11.3 Å². The van der Waals surface area contributed by atoms with Gasteiger partial charge >= 0.3 is 0 Å². The molecule has 0 aromatic carbocycles. The molecule has 0 spiro atoms. The summed E-state index contributed by atoms with van der Waals surface area (Å²) in [7, 11) is 0. The van der Waals surface area contributed by atoms with Crippen LogP contribution in [0.4, 0.5) is 0 Å². The predicted molar refractivity (Wildman–Crippen MR) is 77.4 cm³/mol. The van der Waals surface area contributed by atoms with E-state index in [1.165, 1.54) is 12.8 Å². The van der Waals surface area contributed by atoms with Crippen LogP contribution in [0.15, 0.2) is 0 Å². The molecule has 108 valence electrons. The standard InChI is InChI=1S/C16H28N2O/c1-13(12-16(2,3)4)11-15(19)18(10-9-17)14-7-5-6-8-14/h13-14H,5-8,10-12H2,1-4H3. The summed E-state index contributed by atoms with van der Waals surface area (Å²) in [5, 5.41) is 8.92. The first kappa shape index (κ1) is 16.0. The van der Waals surface area contributed by atoms with Crippen LogP contribution in [0.5, 0.6) is 0 Å². The maximum absolute atomic E-state index is 12.4. The minimum atomic E-state index is 0.171. The molecule has 1 fully saturated rings. The van der Waals surface area contributed by atoms with Crippen molar-refractivity contribution >= 4 is 5.91 Å². The molecule has 1 aliphatic rings. The summed E-state index contributed by atoms with van der Waals surface area (Å²) in [6, 6.07) is 2.47. The number of nitrogens with zero attached hydrogens (tertiary/aromatic N) is 2. The van der Waals surface area contributed by atoms with E-state index in [1.807, 2.05) is 4.90 Å². The van der Waals surface area contributed by atoms with Gasteiger partial charge in [-0.15, -0.1) is 0 Å². The quantitative estimate of drug-likeness (QED) is 0.710. The SMILES string of the molecule is CC(CC(=O)N(CC#N)C1CCCC1)CC(C)(C)C. The van der Waals surface area contributed by atoms with Gasteiger partial charge in [-0.1, -0.05) is 40.5 Å². The van der Waals surface area contributed by atoms with Crippen LogP contribution in [0.1, 0.15) is 66.2 Å². The van der Waals surface area contributed by atoms with Crippen LogP contribution in [-0.4, -0.2) is 23.4 Å². The molecule has 0 bridgehead atoms. The van der Waals surface area contributed by atoms with Crippen molar-refractivity contribution in [1.82, 2.24) is 4.90 Å². The zero-order chi connectivity index (χ0) is 14.5. The first-order chi connectivity index (χ1) is 8.83. The Kier molecular flexibility index (Phi) is 5.85. The average molecular weight is 264 g/mol.